The largest absolute Gasteiger partial charge is 0.484 e. The fraction of sp³-hybridized carbons (Fsp3) is 0.409. The fourth-order valence-electron chi connectivity index (χ4n) is 3.32. The third-order valence-electron chi connectivity index (χ3n) is 4.86. The Morgan fingerprint density at radius 1 is 1.18 bits per heavy atom. The van der Waals surface area contributed by atoms with Crippen molar-refractivity contribution in [2.45, 2.75) is 39.3 Å². The number of carbonyl (C=O) groups excluding carboxylic acids is 1. The second-order valence-electron chi connectivity index (χ2n) is 7.20. The van der Waals surface area contributed by atoms with Crippen LogP contribution in [-0.4, -0.2) is 36.7 Å². The number of carbonyl (C=O) groups is 1. The van der Waals surface area contributed by atoms with Crippen LogP contribution in [0.25, 0.3) is 0 Å². The molecule has 2 aromatic carbocycles. The molecule has 6 heteroatoms. The molecular formula is C22H25Cl2NO3. The highest BCUT2D eigenvalue weighted by atomic mass is 35.5. The Bertz CT molecular complexity index is 794. The summed E-state index contributed by atoms with van der Waals surface area (Å²) in [6.07, 6.45) is 2.09. The zero-order valence-corrected chi connectivity index (χ0v) is 17.7. The van der Waals surface area contributed by atoms with E-state index in [-0.39, 0.29) is 18.6 Å². The first kappa shape index (κ1) is 21.0. The molecule has 0 radical (unpaired) electrons. The molecule has 3 rings (SSSR count). The molecule has 1 unspecified atom stereocenters. The van der Waals surface area contributed by atoms with Crippen molar-refractivity contribution in [1.29, 1.82) is 0 Å². The Balaban J connectivity index is 1.67. The van der Waals surface area contributed by atoms with Crippen molar-refractivity contribution in [2.24, 2.45) is 0 Å². The van der Waals surface area contributed by atoms with Crippen LogP contribution in [0, 0.1) is 13.8 Å². The Hall–Kier alpha value is -1.75. The first-order valence-electron chi connectivity index (χ1n) is 9.45. The minimum atomic E-state index is -0.0734. The number of hydrogen-bond donors (Lipinski definition) is 0. The SMILES string of the molecule is Cc1cc(OCC(=O)N(Cc2ccc(Cl)cc2)CC2CCCO2)cc(C)c1Cl. The molecule has 1 atom stereocenters. The van der Waals surface area contributed by atoms with E-state index in [1.54, 1.807) is 4.90 Å². The maximum atomic E-state index is 12.9. The lowest BCUT2D eigenvalue weighted by molar-refractivity contribution is -0.135. The summed E-state index contributed by atoms with van der Waals surface area (Å²) >= 11 is 12.2. The first-order valence-corrected chi connectivity index (χ1v) is 10.2. The first-order chi connectivity index (χ1) is 13.4. The normalized spacial score (nSPS) is 16.2. The number of ether oxygens (including phenoxy) is 2. The van der Waals surface area contributed by atoms with Gasteiger partial charge in [-0.15, -0.1) is 0 Å². The summed E-state index contributed by atoms with van der Waals surface area (Å²) in [7, 11) is 0. The summed E-state index contributed by atoms with van der Waals surface area (Å²) in [6, 6.07) is 11.2. The predicted octanol–water partition coefficient (Wildman–Crippen LogP) is 5.20. The minimum absolute atomic E-state index is 0.0270. The third-order valence-corrected chi connectivity index (χ3v) is 5.71. The Morgan fingerprint density at radius 2 is 1.86 bits per heavy atom. The van der Waals surface area contributed by atoms with Crippen molar-refractivity contribution in [2.75, 3.05) is 19.8 Å². The third kappa shape index (κ3) is 5.63. The topological polar surface area (TPSA) is 38.8 Å². The van der Waals surface area contributed by atoms with Crippen LogP contribution in [-0.2, 0) is 16.1 Å². The second kappa shape index (κ2) is 9.64. The summed E-state index contributed by atoms with van der Waals surface area (Å²) in [4.78, 5) is 14.7. The van der Waals surface area contributed by atoms with Gasteiger partial charge in [-0.3, -0.25) is 4.79 Å². The van der Waals surface area contributed by atoms with Gasteiger partial charge < -0.3 is 14.4 Å². The van der Waals surface area contributed by atoms with Crippen LogP contribution in [0.3, 0.4) is 0 Å². The number of hydrogen-bond acceptors (Lipinski definition) is 3. The van der Waals surface area contributed by atoms with Crippen molar-refractivity contribution in [1.82, 2.24) is 4.90 Å². The van der Waals surface area contributed by atoms with Crippen LogP contribution in [0.5, 0.6) is 5.75 Å². The Labute approximate surface area is 176 Å². The van der Waals surface area contributed by atoms with E-state index in [4.69, 9.17) is 32.7 Å². The summed E-state index contributed by atoms with van der Waals surface area (Å²) in [5.74, 6) is 0.576. The highest BCUT2D eigenvalue weighted by Crippen LogP contribution is 2.26. The summed E-state index contributed by atoms with van der Waals surface area (Å²) < 4.78 is 11.5. The van der Waals surface area contributed by atoms with Gasteiger partial charge >= 0.3 is 0 Å². The average Bonchev–Trinajstić information content (AvgIpc) is 3.18. The van der Waals surface area contributed by atoms with Gasteiger partial charge in [-0.25, -0.2) is 0 Å². The average molecular weight is 422 g/mol. The predicted molar refractivity (Wildman–Crippen MR) is 112 cm³/mol. The molecule has 150 valence electrons. The molecule has 1 aliphatic rings. The molecule has 0 spiro atoms. The summed E-state index contributed by atoms with van der Waals surface area (Å²) in [6.45, 7) is 5.64. The molecule has 28 heavy (non-hydrogen) atoms. The van der Waals surface area contributed by atoms with Gasteiger partial charge in [-0.1, -0.05) is 35.3 Å². The zero-order chi connectivity index (χ0) is 20.1. The van der Waals surface area contributed by atoms with Gasteiger partial charge in [0.25, 0.3) is 5.91 Å². The van der Waals surface area contributed by atoms with E-state index in [1.807, 2.05) is 50.2 Å². The van der Waals surface area contributed by atoms with E-state index < -0.39 is 0 Å². The van der Waals surface area contributed by atoms with E-state index in [1.165, 1.54) is 0 Å². The maximum absolute atomic E-state index is 12.9. The molecule has 0 N–H and O–H groups in total. The van der Waals surface area contributed by atoms with E-state index in [0.717, 1.165) is 41.2 Å². The molecule has 1 amide bonds. The Morgan fingerprint density at radius 3 is 2.46 bits per heavy atom. The van der Waals surface area contributed by atoms with E-state index in [0.29, 0.717) is 23.9 Å². The molecule has 0 aliphatic carbocycles. The minimum Gasteiger partial charge on any atom is -0.484 e. The lowest BCUT2D eigenvalue weighted by Crippen LogP contribution is -2.39. The molecule has 1 fully saturated rings. The molecule has 4 nitrogen and oxygen atoms in total. The number of aryl methyl sites for hydroxylation is 2. The van der Waals surface area contributed by atoms with Crippen LogP contribution < -0.4 is 4.74 Å². The van der Waals surface area contributed by atoms with Crippen LogP contribution in [0.15, 0.2) is 36.4 Å². The monoisotopic (exact) mass is 421 g/mol. The number of benzene rings is 2. The number of amides is 1. The molecule has 1 heterocycles. The molecule has 0 bridgehead atoms. The van der Waals surface area contributed by atoms with E-state index >= 15 is 0 Å². The van der Waals surface area contributed by atoms with Gasteiger partial charge in [0.2, 0.25) is 0 Å². The van der Waals surface area contributed by atoms with Crippen LogP contribution >= 0.6 is 23.2 Å². The van der Waals surface area contributed by atoms with Gasteiger partial charge in [-0.05, 0) is 67.6 Å². The van der Waals surface area contributed by atoms with Crippen molar-refractivity contribution in [3.8, 4) is 5.75 Å². The lowest BCUT2D eigenvalue weighted by atomic mass is 10.1. The molecular weight excluding hydrogens is 397 g/mol. The van der Waals surface area contributed by atoms with Gasteiger partial charge in [0.15, 0.2) is 6.61 Å². The van der Waals surface area contributed by atoms with Crippen LogP contribution in [0.1, 0.15) is 29.5 Å². The number of rotatable bonds is 7. The van der Waals surface area contributed by atoms with Crippen LogP contribution in [0.2, 0.25) is 10.0 Å². The fourth-order valence-corrected chi connectivity index (χ4v) is 3.56. The maximum Gasteiger partial charge on any atom is 0.260 e. The summed E-state index contributed by atoms with van der Waals surface area (Å²) in [5.41, 5.74) is 2.89. The molecule has 2 aromatic rings. The molecule has 1 aliphatic heterocycles. The second-order valence-corrected chi connectivity index (χ2v) is 8.01. The van der Waals surface area contributed by atoms with E-state index in [2.05, 4.69) is 0 Å². The molecule has 0 aromatic heterocycles. The number of nitrogens with zero attached hydrogens (tertiary/aromatic N) is 1. The highest BCUT2D eigenvalue weighted by Gasteiger charge is 2.23. The van der Waals surface area contributed by atoms with Crippen molar-refractivity contribution in [3.05, 3.63) is 63.1 Å². The smallest absolute Gasteiger partial charge is 0.260 e. The quantitative estimate of drug-likeness (QED) is 0.616. The summed E-state index contributed by atoms with van der Waals surface area (Å²) in [5, 5.41) is 1.40. The standard InChI is InChI=1S/C22H25Cl2NO3/c1-15-10-20(11-16(2)22(15)24)28-14-21(26)25(13-19-4-3-9-27-19)12-17-5-7-18(23)8-6-17/h5-8,10-11,19H,3-4,9,12-14H2,1-2H3. The van der Waals surface area contributed by atoms with E-state index in [9.17, 15) is 4.79 Å². The number of halogens is 2. The van der Waals surface area contributed by atoms with Crippen molar-refractivity contribution in [3.63, 3.8) is 0 Å². The molecule has 1 saturated heterocycles. The zero-order valence-electron chi connectivity index (χ0n) is 16.2. The highest BCUT2D eigenvalue weighted by molar-refractivity contribution is 6.32. The van der Waals surface area contributed by atoms with Crippen molar-refractivity contribution >= 4 is 29.1 Å². The van der Waals surface area contributed by atoms with Gasteiger partial charge in [-0.2, -0.15) is 0 Å². The van der Waals surface area contributed by atoms with Gasteiger partial charge in [0, 0.05) is 29.7 Å². The van der Waals surface area contributed by atoms with Crippen LogP contribution in [0.4, 0.5) is 0 Å². The van der Waals surface area contributed by atoms with Gasteiger partial charge in [0.1, 0.15) is 5.75 Å². The lowest BCUT2D eigenvalue weighted by Gasteiger charge is -2.26. The Kier molecular flexibility index (Phi) is 7.22. The van der Waals surface area contributed by atoms with Gasteiger partial charge in [0.05, 0.1) is 6.10 Å². The van der Waals surface area contributed by atoms with Crippen molar-refractivity contribution < 1.29 is 14.3 Å². The molecule has 0 saturated carbocycles.